The Labute approximate surface area is 882 Å². The molecule has 0 bridgehead atoms. The fourth-order valence-electron chi connectivity index (χ4n) is 15.2. The van der Waals surface area contributed by atoms with Crippen LogP contribution in [0, 0.1) is 6.92 Å². The highest BCUT2D eigenvalue weighted by Gasteiger charge is 2.30. The van der Waals surface area contributed by atoms with E-state index in [0.717, 1.165) is 147 Å². The van der Waals surface area contributed by atoms with Gasteiger partial charge in [-0.25, -0.2) is 62.5 Å². The summed E-state index contributed by atoms with van der Waals surface area (Å²) in [7, 11) is 13.1. The van der Waals surface area contributed by atoms with Gasteiger partial charge < -0.3 is 83.7 Å². The van der Waals surface area contributed by atoms with Gasteiger partial charge in [0.2, 0.25) is 36.0 Å². The van der Waals surface area contributed by atoms with Gasteiger partial charge in [-0.05, 0) is 221 Å². The lowest BCUT2D eigenvalue weighted by Gasteiger charge is -2.26. The Balaban J connectivity index is 0.000000224. The molecule has 14 N–H and O–H groups in total. The molecule has 10 aromatic carbocycles. The summed E-state index contributed by atoms with van der Waals surface area (Å²) in [5.74, 6) is 0.987. The zero-order valence-electron chi connectivity index (χ0n) is 88.9. The van der Waals surface area contributed by atoms with E-state index in [0.29, 0.717) is 40.7 Å². The van der Waals surface area contributed by atoms with Gasteiger partial charge in [0.1, 0.15) is 12.4 Å². The first-order chi connectivity index (χ1) is 71.5. The van der Waals surface area contributed by atoms with Gasteiger partial charge in [0.15, 0.2) is 9.84 Å². The molecule has 149 heavy (non-hydrogen) atoms. The van der Waals surface area contributed by atoms with E-state index in [4.69, 9.17) is 5.11 Å². The maximum absolute atomic E-state index is 12.4. The van der Waals surface area contributed by atoms with Gasteiger partial charge >= 0.3 is 12.1 Å². The molecule has 36 nitrogen and oxygen atoms in total. The lowest BCUT2D eigenvalue weighted by molar-refractivity contribution is -0.127. The first-order valence-corrected chi connectivity index (χ1v) is 55.5. The number of rotatable bonds is 29. The van der Waals surface area contributed by atoms with Gasteiger partial charge in [-0.2, -0.15) is 4.31 Å². The zero-order chi connectivity index (χ0) is 109. The van der Waals surface area contributed by atoms with E-state index in [2.05, 4.69) is 120 Å². The second-order valence-corrected chi connectivity index (χ2v) is 42.6. The number of nitrogens with zero attached hydrogens (tertiary/aromatic N) is 10. The lowest BCUT2D eigenvalue weighted by Crippen LogP contribution is -2.41. The van der Waals surface area contributed by atoms with Crippen molar-refractivity contribution in [3.8, 4) is 22.5 Å². The van der Waals surface area contributed by atoms with Crippen molar-refractivity contribution >= 4 is 138 Å². The third-order valence-corrected chi connectivity index (χ3v) is 31.4. The standard InChI is InChI=1S/C13H21N3O3S.C13H19N.C12H13N3.C12H18N2O2S.C11H15N3O.C10H13N3O.C10H11N3.C10H16N2O2S.C9H12N2O.C9H13NO3S/c1-5-20(18,19)16(10-13(17)15(3)4)12-8-6-7-11(9-12)14-2;1-14-13-9-5-8-12(10-13)11-6-3-2-4-7-11;1-9-14-7-6-12(15-9)10-4-3-5-11(8-10)13-2;1-13-11-6-5-7-12(10-11)17(15,16)14-8-3-2-4-9-14;1-12-9-4-3-5-10(8-9)14-7-6-13(2)11(14)15;1-11-8-3-2-4-9(7-8)13-6-5-12-10(13)14;1-11-9-4-2-3-8(5-9)10-6-12-7-13-10;1-4-12(3)15(13,14)10-7-5-6-9(8-10)11-2;1-10-8-5-3-4-7(6-8)9(12)11-2;1-10-8-3-2-4-9(7-8)14(12,13)6-5-11/h6-9,14H,5,10H2,1-4H3;5,8-11,14H,2-4,6-7H2,1H3;3-8,13H,1-2H3;5-7,10,13H,2-4,8-9H2,1H3;3-5,8,12H,6-7H2,1-2H3;2-4,7,11H,5-6H2,1H3,(H,12,14);2-7,11H,1H3,(H,12,13);5-8,11H,4H2,1-3H3;3-6,10H,1-2H3,(H,11,12);2-4,7,10-11H,5-6H2,1H3. The number of piperidine rings is 1. The smallest absolute Gasteiger partial charge is 0.324 e. The number of anilines is 13. The van der Waals surface area contributed by atoms with Crippen molar-refractivity contribution < 1.29 is 58.0 Å². The molecule has 804 valence electrons. The van der Waals surface area contributed by atoms with Gasteiger partial charge in [-0.15, -0.1) is 0 Å². The van der Waals surface area contributed by atoms with E-state index in [9.17, 15) is 52.8 Å². The number of aliphatic hydroxyl groups excluding tert-OH is 1. The lowest BCUT2D eigenvalue weighted by atomic mass is 9.84. The van der Waals surface area contributed by atoms with Crippen LogP contribution in [0.5, 0.6) is 0 Å². The van der Waals surface area contributed by atoms with Crippen LogP contribution in [-0.2, 0) is 44.7 Å². The molecule has 12 aromatic rings. The number of amides is 6. The molecular weight excluding hydrogens is 1970 g/mol. The van der Waals surface area contributed by atoms with Crippen molar-refractivity contribution in [1.82, 2.24) is 49.0 Å². The Bertz CT molecular complexity index is 6640. The summed E-state index contributed by atoms with van der Waals surface area (Å²) in [5.41, 5.74) is 18.4. The fraction of sp³-hybridized carbons (Fsp3) is 0.349. The normalized spacial score (nSPS) is 13.1. The van der Waals surface area contributed by atoms with Crippen LogP contribution in [0.15, 0.2) is 282 Å². The van der Waals surface area contributed by atoms with Crippen molar-refractivity contribution in [2.45, 2.75) is 92.7 Å². The molecule has 2 aromatic heterocycles. The molecule has 6 amide bonds. The van der Waals surface area contributed by atoms with Crippen molar-refractivity contribution in [3.05, 3.63) is 284 Å². The number of aromatic nitrogens is 4. The molecule has 1 saturated carbocycles. The van der Waals surface area contributed by atoms with Crippen LogP contribution in [0.3, 0.4) is 0 Å². The Hall–Kier alpha value is -14.6. The van der Waals surface area contributed by atoms with E-state index in [1.807, 2.05) is 184 Å². The van der Waals surface area contributed by atoms with E-state index in [-0.39, 0.29) is 53.4 Å². The van der Waals surface area contributed by atoms with E-state index >= 15 is 0 Å². The number of aromatic amines is 1. The van der Waals surface area contributed by atoms with Crippen molar-refractivity contribution in [3.63, 3.8) is 0 Å². The number of imidazole rings is 1. The fourth-order valence-corrected chi connectivity index (χ4v) is 20.1. The molecule has 4 aliphatic rings. The molecule has 3 saturated heterocycles. The van der Waals surface area contributed by atoms with E-state index in [1.165, 1.54) is 58.6 Å². The summed E-state index contributed by atoms with van der Waals surface area (Å²) in [6.07, 6.45) is 15.4. The van der Waals surface area contributed by atoms with Crippen LogP contribution >= 0.6 is 0 Å². The van der Waals surface area contributed by atoms with Crippen LogP contribution in [0.4, 0.5) is 83.5 Å². The molecule has 4 fully saturated rings. The minimum Gasteiger partial charge on any atom is -0.395 e. The average molecular weight is 2120 g/mol. The second-order valence-electron chi connectivity index (χ2n) is 34.3. The molecule has 1 aliphatic carbocycles. The topological polar surface area (TPSA) is 447 Å². The number of hydrogen-bond acceptors (Lipinski definition) is 26. The van der Waals surface area contributed by atoms with E-state index in [1.54, 1.807) is 187 Å². The number of hydrogen-bond donors (Lipinski definition) is 14. The number of sulfonamides is 3. The highest BCUT2D eigenvalue weighted by molar-refractivity contribution is 7.92. The monoisotopic (exact) mass is 2120 g/mol. The van der Waals surface area contributed by atoms with E-state index < -0.39 is 39.9 Å². The summed E-state index contributed by atoms with van der Waals surface area (Å²) < 4.78 is 100. The molecule has 0 radical (unpaired) electrons. The summed E-state index contributed by atoms with van der Waals surface area (Å²) in [6.45, 7) is 9.49. The molecular formula is C109H151N23O13S4. The van der Waals surface area contributed by atoms with Gasteiger partial charge in [-0.3, -0.25) is 23.7 Å². The molecule has 3 aliphatic heterocycles. The van der Waals surface area contributed by atoms with Crippen molar-refractivity contribution in [2.24, 2.45) is 0 Å². The molecule has 0 unspecified atom stereocenters. The summed E-state index contributed by atoms with van der Waals surface area (Å²) in [5, 5.41) is 44.1. The number of aliphatic hydroxyl groups is 1. The molecule has 0 atom stereocenters. The predicted octanol–water partition coefficient (Wildman–Crippen LogP) is 17.1. The van der Waals surface area contributed by atoms with Crippen LogP contribution in [-0.4, -0.2) is 277 Å². The first kappa shape index (κ1) is 121. The SMILES string of the molecule is CCN(C)S(=O)(=O)c1cccc(NC)c1.CCS(=O)(=O)N(CC(=O)N(C)C)c1cccc(NC)c1.CNC(=O)c1cccc(NC)c1.CNc1cccc(-c2ccnc(C)n2)c1.CNc1cccc(-c2cnc[nH]2)c1.CNc1cccc(C2CCCCC2)c1.CNc1cccc(N2CCN(C)C2=O)c1.CNc1cccc(N2CCNC2=O)c1.CNc1cccc(S(=O)(=O)CCO)c1.CNc1cccc(S(=O)(=O)N2CCCCC2)c1. The quantitative estimate of drug-likeness (QED) is 0.0207. The third kappa shape index (κ3) is 38.6. The van der Waals surface area contributed by atoms with Crippen LogP contribution in [0.1, 0.15) is 92.9 Å². The number of carbonyl (C=O) groups is 4. The Morgan fingerprint density at radius 2 is 0.933 bits per heavy atom. The van der Waals surface area contributed by atoms with Gasteiger partial charge in [0.05, 0.1) is 62.4 Å². The second kappa shape index (κ2) is 62.6. The highest BCUT2D eigenvalue weighted by atomic mass is 32.2. The average Bonchev–Trinajstić information content (AvgIpc) is 1.40. The van der Waals surface area contributed by atoms with Gasteiger partial charge in [0.25, 0.3) is 5.91 Å². The predicted molar refractivity (Wildman–Crippen MR) is 611 cm³/mol. The number of aryl methyl sites for hydroxylation is 1. The number of carbonyl (C=O) groups excluding carboxylic acids is 4. The summed E-state index contributed by atoms with van der Waals surface area (Å²) in [4.78, 5) is 69.2. The largest absolute Gasteiger partial charge is 0.395 e. The van der Waals surface area contributed by atoms with Crippen molar-refractivity contribution in [1.29, 1.82) is 0 Å². The van der Waals surface area contributed by atoms with Gasteiger partial charge in [-0.1, -0.05) is 111 Å². The number of likely N-dealkylation sites (N-methyl/N-ethyl adjacent to an activating group) is 2. The van der Waals surface area contributed by atoms with Gasteiger partial charge in [0, 0.05) is 243 Å². The number of urea groups is 2. The number of nitrogens with one attached hydrogen (secondary N) is 13. The Morgan fingerprint density at radius 1 is 0.477 bits per heavy atom. The van der Waals surface area contributed by atoms with Crippen LogP contribution in [0.25, 0.3) is 22.5 Å². The molecule has 5 heterocycles. The maximum atomic E-state index is 12.4. The maximum Gasteiger partial charge on any atom is 0.324 e. The first-order valence-electron chi connectivity index (χ1n) is 49.4. The van der Waals surface area contributed by atoms with Crippen LogP contribution in [0.2, 0.25) is 0 Å². The van der Waals surface area contributed by atoms with Crippen molar-refractivity contribution in [2.75, 3.05) is 243 Å². The van der Waals surface area contributed by atoms with Crippen LogP contribution < -0.4 is 77.9 Å². The summed E-state index contributed by atoms with van der Waals surface area (Å²) >= 11 is 0. The highest BCUT2D eigenvalue weighted by Crippen LogP contribution is 2.35. The number of H-pyrrole nitrogens is 1. The molecule has 0 spiro atoms. The minimum atomic E-state index is -3.51. The third-order valence-electron chi connectivity index (χ3n) is 24.1. The molecule has 40 heteroatoms. The Morgan fingerprint density at radius 3 is 1.42 bits per heavy atom. The number of benzene rings is 10. The molecule has 16 rings (SSSR count). The summed E-state index contributed by atoms with van der Waals surface area (Å²) in [6, 6.07) is 77.4. The Kier molecular flexibility index (Phi) is 51.0. The zero-order valence-corrected chi connectivity index (χ0v) is 92.1. The minimum absolute atomic E-state index is 0.0155. The number of sulfone groups is 1.